The molecule has 1 aromatic carbocycles. The molecule has 2 aromatic rings. The predicted octanol–water partition coefficient (Wildman–Crippen LogP) is 3.17. The molecule has 4 nitrogen and oxygen atoms in total. The Hall–Kier alpha value is -1.62. The van der Waals surface area contributed by atoms with E-state index >= 15 is 0 Å². The SMILES string of the molecule is CNc1nc(C)cc(OCc2cccc(Br)c2)n1. The fourth-order valence-corrected chi connectivity index (χ4v) is 1.96. The first-order chi connectivity index (χ1) is 8.67. The molecule has 1 aromatic heterocycles. The van der Waals surface area contributed by atoms with Gasteiger partial charge in [0, 0.05) is 23.3 Å². The minimum atomic E-state index is 0.485. The number of ether oxygens (including phenoxy) is 1. The van der Waals surface area contributed by atoms with Crippen molar-refractivity contribution >= 4 is 21.9 Å². The van der Waals surface area contributed by atoms with Crippen LogP contribution in [0.25, 0.3) is 0 Å². The Kier molecular flexibility index (Phi) is 4.15. The fraction of sp³-hybridized carbons (Fsp3) is 0.231. The molecule has 5 heteroatoms. The average molecular weight is 308 g/mol. The van der Waals surface area contributed by atoms with E-state index < -0.39 is 0 Å². The maximum absolute atomic E-state index is 5.66. The van der Waals surface area contributed by atoms with Gasteiger partial charge in [-0.05, 0) is 24.6 Å². The van der Waals surface area contributed by atoms with Crippen LogP contribution in [-0.4, -0.2) is 17.0 Å². The van der Waals surface area contributed by atoms with E-state index in [0.717, 1.165) is 15.7 Å². The van der Waals surface area contributed by atoms with Crippen molar-refractivity contribution in [3.63, 3.8) is 0 Å². The molecule has 0 saturated carbocycles. The quantitative estimate of drug-likeness (QED) is 0.942. The van der Waals surface area contributed by atoms with Gasteiger partial charge in [-0.3, -0.25) is 0 Å². The van der Waals surface area contributed by atoms with Gasteiger partial charge < -0.3 is 10.1 Å². The third kappa shape index (κ3) is 3.43. The Morgan fingerprint density at radius 2 is 2.11 bits per heavy atom. The lowest BCUT2D eigenvalue weighted by Gasteiger charge is -2.08. The van der Waals surface area contributed by atoms with Gasteiger partial charge in [-0.2, -0.15) is 4.98 Å². The molecule has 0 amide bonds. The zero-order valence-corrected chi connectivity index (χ0v) is 11.9. The summed E-state index contributed by atoms with van der Waals surface area (Å²) in [6.45, 7) is 2.40. The van der Waals surface area contributed by atoms with Crippen molar-refractivity contribution in [1.82, 2.24) is 9.97 Å². The van der Waals surface area contributed by atoms with Crippen LogP contribution in [-0.2, 0) is 6.61 Å². The van der Waals surface area contributed by atoms with Gasteiger partial charge >= 0.3 is 0 Å². The highest BCUT2D eigenvalue weighted by Gasteiger charge is 2.02. The monoisotopic (exact) mass is 307 g/mol. The number of hydrogen-bond acceptors (Lipinski definition) is 4. The molecule has 0 spiro atoms. The van der Waals surface area contributed by atoms with Gasteiger partial charge in [-0.1, -0.05) is 28.1 Å². The van der Waals surface area contributed by atoms with E-state index in [-0.39, 0.29) is 0 Å². The number of aryl methyl sites for hydroxylation is 1. The molecule has 1 heterocycles. The number of hydrogen-bond donors (Lipinski definition) is 1. The van der Waals surface area contributed by atoms with Gasteiger partial charge in [-0.15, -0.1) is 0 Å². The topological polar surface area (TPSA) is 47.0 Å². The molecule has 0 fully saturated rings. The van der Waals surface area contributed by atoms with Crippen LogP contribution in [0, 0.1) is 6.92 Å². The molecule has 0 unspecified atom stereocenters. The Morgan fingerprint density at radius 1 is 1.28 bits per heavy atom. The summed E-state index contributed by atoms with van der Waals surface area (Å²) >= 11 is 3.43. The molecular formula is C13H14BrN3O. The first-order valence-electron chi connectivity index (χ1n) is 5.58. The van der Waals surface area contributed by atoms with Gasteiger partial charge in [0.15, 0.2) is 0 Å². The second kappa shape index (κ2) is 5.82. The highest BCUT2D eigenvalue weighted by atomic mass is 79.9. The lowest BCUT2D eigenvalue weighted by atomic mass is 10.2. The largest absolute Gasteiger partial charge is 0.473 e. The molecule has 18 heavy (non-hydrogen) atoms. The third-order valence-electron chi connectivity index (χ3n) is 2.33. The zero-order chi connectivity index (χ0) is 13.0. The molecular weight excluding hydrogens is 294 g/mol. The first-order valence-corrected chi connectivity index (χ1v) is 6.37. The van der Waals surface area contributed by atoms with Crippen LogP contribution in [0.1, 0.15) is 11.3 Å². The van der Waals surface area contributed by atoms with Crippen LogP contribution in [0.3, 0.4) is 0 Å². The summed E-state index contributed by atoms with van der Waals surface area (Å²) in [5, 5.41) is 2.91. The number of nitrogens with zero attached hydrogens (tertiary/aromatic N) is 2. The molecule has 94 valence electrons. The number of nitrogens with one attached hydrogen (secondary N) is 1. The average Bonchev–Trinajstić information content (AvgIpc) is 2.36. The predicted molar refractivity (Wildman–Crippen MR) is 74.8 cm³/mol. The van der Waals surface area contributed by atoms with Gasteiger partial charge in [0.25, 0.3) is 0 Å². The van der Waals surface area contributed by atoms with E-state index in [1.54, 1.807) is 7.05 Å². The standard InChI is InChI=1S/C13H14BrN3O/c1-9-6-12(17-13(15-2)16-9)18-8-10-4-3-5-11(14)7-10/h3-7H,8H2,1-2H3,(H,15,16,17). The maximum Gasteiger partial charge on any atom is 0.225 e. The van der Waals surface area contributed by atoms with E-state index in [4.69, 9.17) is 4.74 Å². The summed E-state index contributed by atoms with van der Waals surface area (Å²) < 4.78 is 6.70. The first kappa shape index (κ1) is 12.8. The Balaban J connectivity index is 2.08. The van der Waals surface area contributed by atoms with Gasteiger partial charge in [0.05, 0.1) is 0 Å². The Labute approximate surface area is 115 Å². The lowest BCUT2D eigenvalue weighted by Crippen LogP contribution is -2.02. The summed E-state index contributed by atoms with van der Waals surface area (Å²) in [6.07, 6.45) is 0. The number of anilines is 1. The third-order valence-corrected chi connectivity index (χ3v) is 2.82. The van der Waals surface area contributed by atoms with Crippen LogP contribution in [0.5, 0.6) is 5.88 Å². The van der Waals surface area contributed by atoms with E-state index in [0.29, 0.717) is 18.4 Å². The molecule has 0 aliphatic heterocycles. The molecule has 2 rings (SSSR count). The van der Waals surface area contributed by atoms with Gasteiger partial charge in [0.2, 0.25) is 11.8 Å². The molecule has 0 atom stereocenters. The van der Waals surface area contributed by atoms with E-state index in [1.165, 1.54) is 0 Å². The summed E-state index contributed by atoms with van der Waals surface area (Å²) in [5.41, 5.74) is 1.96. The molecule has 0 radical (unpaired) electrons. The van der Waals surface area contributed by atoms with Crippen LogP contribution < -0.4 is 10.1 Å². The van der Waals surface area contributed by atoms with Crippen LogP contribution >= 0.6 is 15.9 Å². The fourth-order valence-electron chi connectivity index (χ4n) is 1.51. The summed E-state index contributed by atoms with van der Waals surface area (Å²) in [5.74, 6) is 1.14. The second-order valence-electron chi connectivity index (χ2n) is 3.84. The van der Waals surface area contributed by atoms with Gasteiger partial charge in [-0.25, -0.2) is 4.98 Å². The number of benzene rings is 1. The minimum Gasteiger partial charge on any atom is -0.473 e. The summed E-state index contributed by atoms with van der Waals surface area (Å²) in [6, 6.07) is 9.81. The van der Waals surface area contributed by atoms with Crippen molar-refractivity contribution in [2.24, 2.45) is 0 Å². The highest BCUT2D eigenvalue weighted by molar-refractivity contribution is 9.10. The van der Waals surface area contributed by atoms with Crippen molar-refractivity contribution in [3.8, 4) is 5.88 Å². The molecule has 1 N–H and O–H groups in total. The van der Waals surface area contributed by atoms with Crippen LogP contribution in [0.4, 0.5) is 5.95 Å². The molecule has 0 aliphatic rings. The normalized spacial score (nSPS) is 10.2. The molecule has 0 aliphatic carbocycles. The van der Waals surface area contributed by atoms with Crippen molar-refractivity contribution in [3.05, 3.63) is 46.1 Å². The Morgan fingerprint density at radius 3 is 2.83 bits per heavy atom. The zero-order valence-electron chi connectivity index (χ0n) is 10.3. The minimum absolute atomic E-state index is 0.485. The number of rotatable bonds is 4. The number of halogens is 1. The summed E-state index contributed by atoms with van der Waals surface area (Å²) in [4.78, 5) is 8.45. The Bertz CT molecular complexity index is 546. The van der Waals surface area contributed by atoms with Gasteiger partial charge in [0.1, 0.15) is 6.61 Å². The second-order valence-corrected chi connectivity index (χ2v) is 4.76. The van der Waals surface area contributed by atoms with Crippen molar-refractivity contribution < 1.29 is 4.74 Å². The van der Waals surface area contributed by atoms with E-state index in [1.807, 2.05) is 37.3 Å². The van der Waals surface area contributed by atoms with E-state index in [2.05, 4.69) is 31.2 Å². The smallest absolute Gasteiger partial charge is 0.225 e. The van der Waals surface area contributed by atoms with Crippen molar-refractivity contribution in [2.75, 3.05) is 12.4 Å². The summed E-state index contributed by atoms with van der Waals surface area (Å²) in [7, 11) is 1.78. The van der Waals surface area contributed by atoms with Crippen molar-refractivity contribution in [1.29, 1.82) is 0 Å². The highest BCUT2D eigenvalue weighted by Crippen LogP contribution is 2.16. The molecule has 0 saturated heterocycles. The van der Waals surface area contributed by atoms with Crippen LogP contribution in [0.15, 0.2) is 34.8 Å². The maximum atomic E-state index is 5.66. The number of aromatic nitrogens is 2. The van der Waals surface area contributed by atoms with Crippen LogP contribution in [0.2, 0.25) is 0 Å². The lowest BCUT2D eigenvalue weighted by molar-refractivity contribution is 0.293. The molecule has 0 bridgehead atoms. The van der Waals surface area contributed by atoms with Crippen molar-refractivity contribution in [2.45, 2.75) is 13.5 Å². The van der Waals surface area contributed by atoms with E-state index in [9.17, 15) is 0 Å².